The molecule has 0 saturated heterocycles. The number of nitrogens with zero attached hydrogens (tertiary/aromatic N) is 2. The van der Waals surface area contributed by atoms with Gasteiger partial charge in [-0.2, -0.15) is 0 Å². The van der Waals surface area contributed by atoms with E-state index in [0.29, 0.717) is 17.0 Å². The van der Waals surface area contributed by atoms with Gasteiger partial charge in [-0.3, -0.25) is 15.1 Å². The number of rotatable bonds is 5. The highest BCUT2D eigenvalue weighted by atomic mass is 16.6. The normalized spacial score (nSPS) is 11.4. The third-order valence-electron chi connectivity index (χ3n) is 4.50. The molecular weight excluding hydrogens is 380 g/mol. The number of carbonyl (C=O) groups excluding carboxylic acids is 1. The second-order valence-electron chi connectivity index (χ2n) is 7.82. The van der Waals surface area contributed by atoms with Crippen LogP contribution in [0.5, 0.6) is 5.75 Å². The van der Waals surface area contributed by atoms with Crippen molar-refractivity contribution in [2.24, 2.45) is 4.99 Å². The van der Waals surface area contributed by atoms with Crippen molar-refractivity contribution in [3.63, 3.8) is 0 Å². The second-order valence-corrected chi connectivity index (χ2v) is 7.82. The molecule has 0 aliphatic carbocycles. The average molecular weight is 402 g/mol. The monoisotopic (exact) mass is 402 g/mol. The summed E-state index contributed by atoms with van der Waals surface area (Å²) in [6.07, 6.45) is 1.61. The zero-order valence-electron chi connectivity index (χ0n) is 17.0. The summed E-state index contributed by atoms with van der Waals surface area (Å²) >= 11 is 0. The van der Waals surface area contributed by atoms with Crippen molar-refractivity contribution in [2.75, 3.05) is 0 Å². The Labute approximate surface area is 175 Å². The van der Waals surface area contributed by atoms with Crippen molar-refractivity contribution < 1.29 is 14.5 Å². The molecule has 3 aromatic carbocycles. The number of esters is 1. The standard InChI is InChI=1S/C24H22N2O4/c1-24(2,3)19-8-6-18(7-9-19)23(27)30-22-14-10-20(11-15-22)25-16-17-4-12-21(13-5-17)26(28)29/h4-16H,1-3H3. The van der Waals surface area contributed by atoms with Crippen molar-refractivity contribution in [3.05, 3.63) is 99.6 Å². The molecule has 0 fully saturated rings. The summed E-state index contributed by atoms with van der Waals surface area (Å²) in [7, 11) is 0. The summed E-state index contributed by atoms with van der Waals surface area (Å²) < 4.78 is 5.42. The van der Waals surface area contributed by atoms with Crippen LogP contribution in [0.1, 0.15) is 42.3 Å². The molecule has 0 unspecified atom stereocenters. The topological polar surface area (TPSA) is 81.8 Å². The lowest BCUT2D eigenvalue weighted by Gasteiger charge is -2.18. The first-order valence-corrected chi connectivity index (χ1v) is 9.44. The van der Waals surface area contributed by atoms with Gasteiger partial charge in [-0.05, 0) is 65.1 Å². The first-order valence-electron chi connectivity index (χ1n) is 9.44. The average Bonchev–Trinajstić information content (AvgIpc) is 2.73. The van der Waals surface area contributed by atoms with Crippen molar-refractivity contribution in [1.29, 1.82) is 0 Å². The summed E-state index contributed by atoms with van der Waals surface area (Å²) in [5.74, 6) is 0.00627. The summed E-state index contributed by atoms with van der Waals surface area (Å²) in [4.78, 5) is 26.9. The van der Waals surface area contributed by atoms with Crippen LogP contribution in [0.25, 0.3) is 0 Å². The molecular formula is C24H22N2O4. The van der Waals surface area contributed by atoms with Crippen molar-refractivity contribution in [3.8, 4) is 5.75 Å². The first kappa shape index (κ1) is 20.9. The lowest BCUT2D eigenvalue weighted by molar-refractivity contribution is -0.384. The van der Waals surface area contributed by atoms with Gasteiger partial charge in [0.25, 0.3) is 5.69 Å². The minimum atomic E-state index is -0.445. The van der Waals surface area contributed by atoms with Crippen molar-refractivity contribution in [2.45, 2.75) is 26.2 Å². The van der Waals surface area contributed by atoms with E-state index < -0.39 is 10.9 Å². The Balaban J connectivity index is 1.62. The Kier molecular flexibility index (Phi) is 6.06. The molecule has 30 heavy (non-hydrogen) atoms. The number of benzene rings is 3. The van der Waals surface area contributed by atoms with Crippen molar-refractivity contribution >= 4 is 23.6 Å². The molecule has 3 rings (SSSR count). The van der Waals surface area contributed by atoms with Gasteiger partial charge in [-0.15, -0.1) is 0 Å². The molecule has 0 aliphatic rings. The van der Waals surface area contributed by atoms with E-state index in [0.717, 1.165) is 11.1 Å². The van der Waals surface area contributed by atoms with E-state index in [1.807, 2.05) is 12.1 Å². The van der Waals surface area contributed by atoms with E-state index in [4.69, 9.17) is 4.74 Å². The van der Waals surface area contributed by atoms with Crippen LogP contribution in [0.3, 0.4) is 0 Å². The summed E-state index contributed by atoms with van der Waals surface area (Å²) in [6.45, 7) is 6.35. The van der Waals surface area contributed by atoms with Crippen LogP contribution in [0.4, 0.5) is 11.4 Å². The van der Waals surface area contributed by atoms with Gasteiger partial charge < -0.3 is 4.74 Å². The molecule has 0 atom stereocenters. The molecule has 6 nitrogen and oxygen atoms in total. The van der Waals surface area contributed by atoms with E-state index in [2.05, 4.69) is 25.8 Å². The Hall–Kier alpha value is -3.80. The van der Waals surface area contributed by atoms with E-state index in [1.165, 1.54) is 12.1 Å². The first-order chi connectivity index (χ1) is 14.2. The highest BCUT2D eigenvalue weighted by molar-refractivity contribution is 5.91. The third kappa shape index (κ3) is 5.38. The van der Waals surface area contributed by atoms with Crippen LogP contribution in [0.2, 0.25) is 0 Å². The van der Waals surface area contributed by atoms with Crippen LogP contribution in [-0.2, 0) is 5.41 Å². The number of aliphatic imine (C=N–C) groups is 1. The molecule has 0 aromatic heterocycles. The second kappa shape index (κ2) is 8.69. The van der Waals surface area contributed by atoms with Crippen LogP contribution in [0, 0.1) is 10.1 Å². The molecule has 0 heterocycles. The predicted octanol–water partition coefficient (Wildman–Crippen LogP) is 5.86. The number of nitro benzene ring substituents is 1. The molecule has 0 aliphatic heterocycles. The molecule has 0 amide bonds. The highest BCUT2D eigenvalue weighted by Gasteiger charge is 2.15. The number of non-ortho nitro benzene ring substituents is 1. The van der Waals surface area contributed by atoms with Crippen LogP contribution in [-0.4, -0.2) is 17.1 Å². The number of hydrogen-bond donors (Lipinski definition) is 0. The molecule has 0 radical (unpaired) electrons. The summed E-state index contributed by atoms with van der Waals surface area (Å²) in [5.41, 5.74) is 3.11. The minimum Gasteiger partial charge on any atom is -0.423 e. The maximum Gasteiger partial charge on any atom is 0.343 e. The fourth-order valence-corrected chi connectivity index (χ4v) is 2.70. The quantitative estimate of drug-likeness (QED) is 0.176. The lowest BCUT2D eigenvalue weighted by Crippen LogP contribution is -2.12. The third-order valence-corrected chi connectivity index (χ3v) is 4.50. The number of ether oxygens (including phenoxy) is 1. The number of hydrogen-bond acceptors (Lipinski definition) is 5. The molecule has 0 spiro atoms. The van der Waals surface area contributed by atoms with Gasteiger partial charge in [-0.1, -0.05) is 32.9 Å². The maximum absolute atomic E-state index is 12.3. The van der Waals surface area contributed by atoms with Crippen LogP contribution in [0.15, 0.2) is 77.8 Å². The van der Waals surface area contributed by atoms with Gasteiger partial charge in [0.15, 0.2) is 0 Å². The zero-order valence-corrected chi connectivity index (χ0v) is 17.0. The molecule has 0 saturated carbocycles. The summed E-state index contributed by atoms with van der Waals surface area (Å²) in [6, 6.07) is 20.3. The maximum atomic E-state index is 12.3. The van der Waals surface area contributed by atoms with Gasteiger partial charge in [0.05, 0.1) is 16.2 Å². The van der Waals surface area contributed by atoms with E-state index in [-0.39, 0.29) is 11.1 Å². The Morgan fingerprint density at radius 3 is 2.07 bits per heavy atom. The Morgan fingerprint density at radius 2 is 1.53 bits per heavy atom. The number of carbonyl (C=O) groups is 1. The SMILES string of the molecule is CC(C)(C)c1ccc(C(=O)Oc2ccc(N=Cc3ccc([N+](=O)[O-])cc3)cc2)cc1. The van der Waals surface area contributed by atoms with Crippen LogP contribution < -0.4 is 4.74 Å². The smallest absolute Gasteiger partial charge is 0.343 e. The zero-order chi connectivity index (χ0) is 21.7. The molecule has 3 aromatic rings. The Bertz CT molecular complexity index is 1060. The molecule has 0 bridgehead atoms. The largest absolute Gasteiger partial charge is 0.423 e. The van der Waals surface area contributed by atoms with Crippen LogP contribution >= 0.6 is 0 Å². The van der Waals surface area contributed by atoms with E-state index in [1.54, 1.807) is 54.7 Å². The van der Waals surface area contributed by atoms with Gasteiger partial charge in [-0.25, -0.2) is 4.79 Å². The Morgan fingerprint density at radius 1 is 0.933 bits per heavy atom. The molecule has 0 N–H and O–H groups in total. The fourth-order valence-electron chi connectivity index (χ4n) is 2.70. The highest BCUT2D eigenvalue weighted by Crippen LogP contribution is 2.23. The number of nitro groups is 1. The minimum absolute atomic E-state index is 0.0211. The predicted molar refractivity (Wildman–Crippen MR) is 117 cm³/mol. The van der Waals surface area contributed by atoms with E-state index >= 15 is 0 Å². The molecule has 6 heteroatoms. The summed E-state index contributed by atoms with van der Waals surface area (Å²) in [5, 5.41) is 10.7. The van der Waals surface area contributed by atoms with Gasteiger partial charge in [0.2, 0.25) is 0 Å². The van der Waals surface area contributed by atoms with E-state index in [9.17, 15) is 14.9 Å². The fraction of sp³-hybridized carbons (Fsp3) is 0.167. The van der Waals surface area contributed by atoms with Crippen molar-refractivity contribution in [1.82, 2.24) is 0 Å². The molecule has 152 valence electrons. The lowest BCUT2D eigenvalue weighted by atomic mass is 9.87. The van der Waals surface area contributed by atoms with Gasteiger partial charge in [0, 0.05) is 18.3 Å². The van der Waals surface area contributed by atoms with Gasteiger partial charge in [0.1, 0.15) is 5.75 Å². The van der Waals surface area contributed by atoms with Gasteiger partial charge >= 0.3 is 5.97 Å².